The summed E-state index contributed by atoms with van der Waals surface area (Å²) in [7, 11) is 0. The van der Waals surface area contributed by atoms with Crippen molar-refractivity contribution >= 4 is 17.6 Å². The third kappa shape index (κ3) is 2.92. The Labute approximate surface area is 97.2 Å². The number of rotatable bonds is 4. The average Bonchev–Trinajstić information content (AvgIpc) is 2.25. The Hall–Kier alpha value is -1.16. The Morgan fingerprint density at radius 1 is 1.44 bits per heavy atom. The Bertz CT molecular complexity index is 394. The molecule has 0 unspecified atom stereocenters. The average molecular weight is 249 g/mol. The lowest BCUT2D eigenvalue weighted by Crippen LogP contribution is -2.11. The van der Waals surface area contributed by atoms with Gasteiger partial charge < -0.3 is 4.74 Å². The molecule has 1 rings (SSSR count). The summed E-state index contributed by atoms with van der Waals surface area (Å²) in [6.45, 7) is 1.84. The molecule has 88 valence electrons. The van der Waals surface area contributed by atoms with Crippen LogP contribution in [0, 0.1) is 11.6 Å². The van der Waals surface area contributed by atoms with Gasteiger partial charge in [0.1, 0.15) is 0 Å². The standard InChI is InChI=1S/C11H11ClF2O2/c1-2-16-10(15)5-8-7(6-12)3-4-9(13)11(8)14/h3-4H,2,5-6H2,1H3. The van der Waals surface area contributed by atoms with Crippen molar-refractivity contribution in [3.63, 3.8) is 0 Å². The normalized spacial score (nSPS) is 10.2. The number of benzene rings is 1. The van der Waals surface area contributed by atoms with Gasteiger partial charge in [0.25, 0.3) is 0 Å². The minimum atomic E-state index is -1.04. The summed E-state index contributed by atoms with van der Waals surface area (Å²) < 4.78 is 31.0. The first kappa shape index (κ1) is 12.9. The minimum Gasteiger partial charge on any atom is -0.466 e. The zero-order valence-electron chi connectivity index (χ0n) is 8.73. The van der Waals surface area contributed by atoms with Crippen LogP contribution in [0.3, 0.4) is 0 Å². The van der Waals surface area contributed by atoms with Crippen molar-refractivity contribution < 1.29 is 18.3 Å². The predicted molar refractivity (Wildman–Crippen MR) is 56.3 cm³/mol. The summed E-state index contributed by atoms with van der Waals surface area (Å²) in [6.07, 6.45) is -0.306. The highest BCUT2D eigenvalue weighted by atomic mass is 35.5. The van der Waals surface area contributed by atoms with Crippen LogP contribution in [-0.4, -0.2) is 12.6 Å². The van der Waals surface area contributed by atoms with E-state index in [9.17, 15) is 13.6 Å². The van der Waals surface area contributed by atoms with E-state index in [0.29, 0.717) is 5.56 Å². The van der Waals surface area contributed by atoms with Crippen LogP contribution >= 0.6 is 11.6 Å². The molecule has 16 heavy (non-hydrogen) atoms. The molecule has 2 nitrogen and oxygen atoms in total. The van der Waals surface area contributed by atoms with E-state index in [-0.39, 0.29) is 24.5 Å². The maximum absolute atomic E-state index is 13.4. The number of carbonyl (C=O) groups excluding carboxylic acids is 1. The lowest BCUT2D eigenvalue weighted by molar-refractivity contribution is -0.142. The summed E-state index contributed by atoms with van der Waals surface area (Å²) in [6, 6.07) is 2.35. The van der Waals surface area contributed by atoms with Crippen LogP contribution in [0.5, 0.6) is 0 Å². The largest absolute Gasteiger partial charge is 0.466 e. The molecule has 0 aliphatic carbocycles. The van der Waals surface area contributed by atoms with Gasteiger partial charge in [0, 0.05) is 11.4 Å². The highest BCUT2D eigenvalue weighted by Crippen LogP contribution is 2.19. The van der Waals surface area contributed by atoms with Crippen LogP contribution in [0.4, 0.5) is 8.78 Å². The zero-order valence-corrected chi connectivity index (χ0v) is 9.48. The molecule has 0 aliphatic rings. The molecule has 1 aromatic carbocycles. The Morgan fingerprint density at radius 2 is 2.12 bits per heavy atom. The van der Waals surface area contributed by atoms with Crippen LogP contribution in [0.15, 0.2) is 12.1 Å². The molecule has 0 heterocycles. The SMILES string of the molecule is CCOC(=O)Cc1c(CCl)ccc(F)c1F. The molecule has 1 aromatic rings. The quantitative estimate of drug-likeness (QED) is 0.605. The van der Waals surface area contributed by atoms with Crippen LogP contribution < -0.4 is 0 Å². The molecule has 0 bridgehead atoms. The number of carbonyl (C=O) groups is 1. The molecular weight excluding hydrogens is 238 g/mol. The fourth-order valence-corrected chi connectivity index (χ4v) is 1.56. The summed E-state index contributed by atoms with van der Waals surface area (Å²) in [5.74, 6) is -2.61. The molecule has 0 spiro atoms. The Kier molecular flexibility index (Phi) is 4.68. The van der Waals surface area contributed by atoms with Gasteiger partial charge >= 0.3 is 5.97 Å². The molecule has 0 N–H and O–H groups in total. The fraction of sp³-hybridized carbons (Fsp3) is 0.364. The first-order chi connectivity index (χ1) is 7.60. The van der Waals surface area contributed by atoms with Crippen molar-refractivity contribution in [1.29, 1.82) is 0 Å². The second kappa shape index (κ2) is 5.80. The maximum atomic E-state index is 13.4. The number of hydrogen-bond acceptors (Lipinski definition) is 2. The van der Waals surface area contributed by atoms with Gasteiger partial charge in [0.2, 0.25) is 0 Å². The molecule has 0 saturated carbocycles. The molecule has 0 aromatic heterocycles. The number of alkyl halides is 1. The van der Waals surface area contributed by atoms with Crippen molar-refractivity contribution in [3.8, 4) is 0 Å². The van der Waals surface area contributed by atoms with Crippen molar-refractivity contribution in [2.24, 2.45) is 0 Å². The first-order valence-electron chi connectivity index (χ1n) is 4.77. The first-order valence-corrected chi connectivity index (χ1v) is 5.31. The third-order valence-electron chi connectivity index (χ3n) is 2.06. The Balaban J connectivity index is 3.00. The van der Waals surface area contributed by atoms with Crippen molar-refractivity contribution in [1.82, 2.24) is 0 Å². The maximum Gasteiger partial charge on any atom is 0.310 e. The zero-order chi connectivity index (χ0) is 12.1. The topological polar surface area (TPSA) is 26.3 Å². The second-order valence-corrected chi connectivity index (χ2v) is 3.38. The third-order valence-corrected chi connectivity index (χ3v) is 2.35. The van der Waals surface area contributed by atoms with Gasteiger partial charge in [-0.1, -0.05) is 6.07 Å². The van der Waals surface area contributed by atoms with Gasteiger partial charge in [-0.25, -0.2) is 8.78 Å². The summed E-state index contributed by atoms with van der Waals surface area (Å²) >= 11 is 5.58. The lowest BCUT2D eigenvalue weighted by atomic mass is 10.0. The van der Waals surface area contributed by atoms with Crippen LogP contribution in [0.1, 0.15) is 18.1 Å². The minimum absolute atomic E-state index is 0.0198. The number of halogens is 3. The molecule has 5 heteroatoms. The Morgan fingerprint density at radius 3 is 2.69 bits per heavy atom. The van der Waals surface area contributed by atoms with Gasteiger partial charge in [0.15, 0.2) is 11.6 Å². The fourth-order valence-electron chi connectivity index (χ4n) is 1.31. The second-order valence-electron chi connectivity index (χ2n) is 3.11. The molecule has 0 saturated heterocycles. The number of esters is 1. The molecule has 0 atom stereocenters. The monoisotopic (exact) mass is 248 g/mol. The van der Waals surface area contributed by atoms with Gasteiger partial charge in [-0.15, -0.1) is 11.6 Å². The smallest absolute Gasteiger partial charge is 0.310 e. The van der Waals surface area contributed by atoms with Crippen LogP contribution in [-0.2, 0) is 21.8 Å². The number of ether oxygens (including phenoxy) is 1. The van der Waals surface area contributed by atoms with Crippen LogP contribution in [0.25, 0.3) is 0 Å². The molecule has 0 radical (unpaired) electrons. The highest BCUT2D eigenvalue weighted by molar-refractivity contribution is 6.17. The molecule has 0 amide bonds. The van der Waals surface area contributed by atoms with Gasteiger partial charge in [-0.3, -0.25) is 4.79 Å². The van der Waals surface area contributed by atoms with Crippen molar-refractivity contribution in [2.45, 2.75) is 19.2 Å². The van der Waals surface area contributed by atoms with Crippen molar-refractivity contribution in [2.75, 3.05) is 6.61 Å². The van der Waals surface area contributed by atoms with E-state index in [1.54, 1.807) is 6.92 Å². The van der Waals surface area contributed by atoms with Gasteiger partial charge in [0.05, 0.1) is 13.0 Å². The predicted octanol–water partition coefficient (Wildman–Crippen LogP) is 2.81. The van der Waals surface area contributed by atoms with Gasteiger partial charge in [-0.05, 0) is 18.6 Å². The van der Waals surface area contributed by atoms with E-state index in [2.05, 4.69) is 4.74 Å². The lowest BCUT2D eigenvalue weighted by Gasteiger charge is -2.08. The number of hydrogen-bond donors (Lipinski definition) is 0. The van der Waals surface area contributed by atoms with Crippen LogP contribution in [0.2, 0.25) is 0 Å². The van der Waals surface area contributed by atoms with E-state index >= 15 is 0 Å². The summed E-state index contributed by atoms with van der Waals surface area (Å²) in [5.41, 5.74) is 0.363. The molecule has 0 aliphatic heterocycles. The molecule has 0 fully saturated rings. The van der Waals surface area contributed by atoms with E-state index in [4.69, 9.17) is 11.6 Å². The highest BCUT2D eigenvalue weighted by Gasteiger charge is 2.16. The molecular formula is C11H11ClF2O2. The van der Waals surface area contributed by atoms with E-state index in [1.807, 2.05) is 0 Å². The van der Waals surface area contributed by atoms with Gasteiger partial charge in [-0.2, -0.15) is 0 Å². The van der Waals surface area contributed by atoms with E-state index < -0.39 is 17.6 Å². The summed E-state index contributed by atoms with van der Waals surface area (Å²) in [4.78, 5) is 11.2. The van der Waals surface area contributed by atoms with E-state index in [1.165, 1.54) is 6.07 Å². The van der Waals surface area contributed by atoms with Crippen molar-refractivity contribution in [3.05, 3.63) is 34.9 Å². The summed E-state index contributed by atoms with van der Waals surface area (Å²) in [5, 5.41) is 0. The van der Waals surface area contributed by atoms with E-state index in [0.717, 1.165) is 6.07 Å².